The molecule has 4 heteroatoms. The first-order chi connectivity index (χ1) is 7.66. The number of rotatable bonds is 2. The highest BCUT2D eigenvalue weighted by molar-refractivity contribution is 9.10. The lowest BCUT2D eigenvalue weighted by Crippen LogP contribution is -2.24. The second-order valence-corrected chi connectivity index (χ2v) is 6.30. The molecule has 1 aromatic rings. The number of nitrogens with two attached hydrogens (primary N) is 1. The number of hydrogen-bond donors (Lipinski definition) is 2. The van der Waals surface area contributed by atoms with Crippen LogP contribution in [0.2, 0.25) is 0 Å². The Morgan fingerprint density at radius 2 is 2.06 bits per heavy atom. The summed E-state index contributed by atoms with van der Waals surface area (Å²) >= 11 is 5.61. The van der Waals surface area contributed by atoms with Gasteiger partial charge in [0.15, 0.2) is 0 Å². The summed E-state index contributed by atoms with van der Waals surface area (Å²) in [5, 5.41) is 3.60. The van der Waals surface area contributed by atoms with Gasteiger partial charge in [-0.05, 0) is 64.9 Å². The van der Waals surface area contributed by atoms with Crippen LogP contribution < -0.4 is 11.1 Å². The Morgan fingerprint density at radius 1 is 1.38 bits per heavy atom. The molecule has 0 saturated carbocycles. The normalized spacial score (nSPS) is 17.4. The third-order valence-corrected chi connectivity index (χ3v) is 4.64. The van der Waals surface area contributed by atoms with Crippen molar-refractivity contribution in [3.05, 3.63) is 22.2 Å². The standard InChI is InChI=1S/C12H17BrN2S/c1-8-6-12(10(13)7-11(8)14)15-9-2-4-16-5-3-9/h6-7,9,15H,2-5,14H2,1H3. The van der Waals surface area contributed by atoms with E-state index in [0.717, 1.165) is 15.7 Å². The molecule has 0 radical (unpaired) electrons. The summed E-state index contributed by atoms with van der Waals surface area (Å²) < 4.78 is 1.06. The van der Waals surface area contributed by atoms with Gasteiger partial charge in [0.25, 0.3) is 0 Å². The van der Waals surface area contributed by atoms with Crippen molar-refractivity contribution >= 4 is 39.1 Å². The van der Waals surface area contributed by atoms with E-state index in [2.05, 4.69) is 27.3 Å². The number of nitrogen functional groups attached to an aromatic ring is 1. The molecule has 0 aliphatic carbocycles. The van der Waals surface area contributed by atoms with Gasteiger partial charge in [0.05, 0.1) is 0 Å². The van der Waals surface area contributed by atoms with E-state index in [0.29, 0.717) is 6.04 Å². The van der Waals surface area contributed by atoms with Gasteiger partial charge in [-0.15, -0.1) is 0 Å². The van der Waals surface area contributed by atoms with Crippen molar-refractivity contribution in [3.8, 4) is 0 Å². The van der Waals surface area contributed by atoms with E-state index in [9.17, 15) is 0 Å². The van der Waals surface area contributed by atoms with Crippen LogP contribution in [0.15, 0.2) is 16.6 Å². The van der Waals surface area contributed by atoms with Crippen molar-refractivity contribution in [1.82, 2.24) is 0 Å². The largest absolute Gasteiger partial charge is 0.398 e. The molecule has 88 valence electrons. The zero-order valence-corrected chi connectivity index (χ0v) is 11.8. The third-order valence-electron chi connectivity index (χ3n) is 2.94. The summed E-state index contributed by atoms with van der Waals surface area (Å²) in [4.78, 5) is 0. The van der Waals surface area contributed by atoms with Gasteiger partial charge in [0, 0.05) is 21.9 Å². The molecule has 3 N–H and O–H groups in total. The van der Waals surface area contributed by atoms with Crippen molar-refractivity contribution < 1.29 is 0 Å². The maximum atomic E-state index is 5.86. The Labute approximate surface area is 109 Å². The molecule has 1 aliphatic rings. The number of halogens is 1. The highest BCUT2D eigenvalue weighted by Crippen LogP contribution is 2.30. The molecule has 0 unspecified atom stereocenters. The zero-order valence-electron chi connectivity index (χ0n) is 9.42. The van der Waals surface area contributed by atoms with E-state index in [1.807, 2.05) is 24.8 Å². The Morgan fingerprint density at radius 3 is 2.75 bits per heavy atom. The second-order valence-electron chi connectivity index (χ2n) is 4.22. The average Bonchev–Trinajstić information content (AvgIpc) is 2.27. The molecule has 0 bridgehead atoms. The lowest BCUT2D eigenvalue weighted by atomic mass is 10.1. The Kier molecular flexibility index (Phi) is 4.03. The van der Waals surface area contributed by atoms with Crippen LogP contribution in [0.3, 0.4) is 0 Å². The molecule has 1 heterocycles. The fraction of sp³-hybridized carbons (Fsp3) is 0.500. The molecule has 1 aliphatic heterocycles. The van der Waals surface area contributed by atoms with E-state index in [1.165, 1.54) is 30.0 Å². The van der Waals surface area contributed by atoms with Crippen LogP contribution in [0.5, 0.6) is 0 Å². The highest BCUT2D eigenvalue weighted by atomic mass is 79.9. The fourth-order valence-electron chi connectivity index (χ4n) is 1.87. The topological polar surface area (TPSA) is 38.0 Å². The first-order valence-electron chi connectivity index (χ1n) is 5.56. The monoisotopic (exact) mass is 300 g/mol. The zero-order chi connectivity index (χ0) is 11.5. The second kappa shape index (κ2) is 5.32. The van der Waals surface area contributed by atoms with Crippen molar-refractivity contribution in [1.29, 1.82) is 0 Å². The highest BCUT2D eigenvalue weighted by Gasteiger charge is 2.14. The van der Waals surface area contributed by atoms with Crippen LogP contribution >= 0.6 is 27.7 Å². The third kappa shape index (κ3) is 2.86. The minimum absolute atomic E-state index is 0.612. The summed E-state index contributed by atoms with van der Waals surface area (Å²) in [6.07, 6.45) is 2.50. The first-order valence-corrected chi connectivity index (χ1v) is 7.51. The molecule has 1 aromatic carbocycles. The quantitative estimate of drug-likeness (QED) is 0.819. The van der Waals surface area contributed by atoms with E-state index in [-0.39, 0.29) is 0 Å². The molecular formula is C12H17BrN2S. The van der Waals surface area contributed by atoms with Gasteiger partial charge in [0.1, 0.15) is 0 Å². The maximum absolute atomic E-state index is 5.86. The molecular weight excluding hydrogens is 284 g/mol. The van der Waals surface area contributed by atoms with Gasteiger partial charge in [-0.3, -0.25) is 0 Å². The number of benzene rings is 1. The minimum Gasteiger partial charge on any atom is -0.398 e. The van der Waals surface area contributed by atoms with Crippen LogP contribution in [0.25, 0.3) is 0 Å². The van der Waals surface area contributed by atoms with Gasteiger partial charge in [0.2, 0.25) is 0 Å². The lowest BCUT2D eigenvalue weighted by molar-refractivity contribution is 0.666. The van der Waals surface area contributed by atoms with E-state index in [1.54, 1.807) is 0 Å². The van der Waals surface area contributed by atoms with Gasteiger partial charge in [-0.25, -0.2) is 0 Å². The van der Waals surface area contributed by atoms with Gasteiger partial charge in [-0.2, -0.15) is 11.8 Å². The Bertz CT molecular complexity index is 376. The summed E-state index contributed by atoms with van der Waals surface area (Å²) in [7, 11) is 0. The van der Waals surface area contributed by atoms with Gasteiger partial charge in [-0.1, -0.05) is 0 Å². The van der Waals surface area contributed by atoms with Crippen LogP contribution in [-0.2, 0) is 0 Å². The lowest BCUT2D eigenvalue weighted by Gasteiger charge is -2.24. The molecule has 0 aromatic heterocycles. The Balaban J connectivity index is 2.11. The number of thioether (sulfide) groups is 1. The molecule has 0 atom stereocenters. The molecule has 16 heavy (non-hydrogen) atoms. The van der Waals surface area contributed by atoms with E-state index < -0.39 is 0 Å². The van der Waals surface area contributed by atoms with Crippen LogP contribution in [0.4, 0.5) is 11.4 Å². The van der Waals surface area contributed by atoms with E-state index in [4.69, 9.17) is 5.73 Å². The maximum Gasteiger partial charge on any atom is 0.0490 e. The van der Waals surface area contributed by atoms with Crippen molar-refractivity contribution in [2.45, 2.75) is 25.8 Å². The molecule has 0 spiro atoms. The predicted molar refractivity (Wildman–Crippen MR) is 77.3 cm³/mol. The van der Waals surface area contributed by atoms with Crippen LogP contribution in [-0.4, -0.2) is 17.5 Å². The van der Waals surface area contributed by atoms with E-state index >= 15 is 0 Å². The smallest absolute Gasteiger partial charge is 0.0490 e. The molecule has 0 amide bonds. The predicted octanol–water partition coefficient (Wildman–Crippen LogP) is 3.65. The molecule has 1 fully saturated rings. The SMILES string of the molecule is Cc1cc(NC2CCSCC2)c(Br)cc1N. The molecule has 1 saturated heterocycles. The number of nitrogens with one attached hydrogen (secondary N) is 1. The van der Waals surface area contributed by atoms with Crippen molar-refractivity contribution in [2.24, 2.45) is 0 Å². The summed E-state index contributed by atoms with van der Waals surface area (Å²) in [6.45, 7) is 2.05. The van der Waals surface area contributed by atoms with Crippen molar-refractivity contribution in [3.63, 3.8) is 0 Å². The number of anilines is 2. The molecule has 2 nitrogen and oxygen atoms in total. The minimum atomic E-state index is 0.612. The van der Waals surface area contributed by atoms with Crippen LogP contribution in [0.1, 0.15) is 18.4 Å². The van der Waals surface area contributed by atoms with Crippen molar-refractivity contribution in [2.75, 3.05) is 22.6 Å². The summed E-state index contributed by atoms with van der Waals surface area (Å²) in [5.74, 6) is 2.53. The average molecular weight is 301 g/mol. The van der Waals surface area contributed by atoms with Crippen LogP contribution in [0, 0.1) is 6.92 Å². The Hall–Kier alpha value is -0.350. The molecule has 2 rings (SSSR count). The number of hydrogen-bond acceptors (Lipinski definition) is 3. The first kappa shape index (κ1) is 12.1. The fourth-order valence-corrected chi connectivity index (χ4v) is 3.45. The number of aryl methyl sites for hydroxylation is 1. The van der Waals surface area contributed by atoms with Gasteiger partial charge >= 0.3 is 0 Å². The van der Waals surface area contributed by atoms with Gasteiger partial charge < -0.3 is 11.1 Å². The summed E-state index contributed by atoms with van der Waals surface area (Å²) in [5.41, 5.74) is 9.01. The summed E-state index contributed by atoms with van der Waals surface area (Å²) in [6, 6.07) is 4.72.